The number of alkyl carbamates (subject to hydrolysis) is 1. The van der Waals surface area contributed by atoms with E-state index in [9.17, 15) is 19.5 Å². The van der Waals surface area contributed by atoms with Gasteiger partial charge in [-0.15, -0.1) is 0 Å². The van der Waals surface area contributed by atoms with Crippen LogP contribution in [0.4, 0.5) is 4.79 Å². The molecule has 0 unspecified atom stereocenters. The van der Waals surface area contributed by atoms with Crippen molar-refractivity contribution in [1.29, 1.82) is 0 Å². The Morgan fingerprint density at radius 3 is 2.16 bits per heavy atom. The number of hydrogen-bond donors (Lipinski definition) is 5. The second kappa shape index (κ2) is 16.4. The third-order valence-electron chi connectivity index (χ3n) is 7.43. The number of imidazole rings is 1. The minimum absolute atomic E-state index is 0.142. The van der Waals surface area contributed by atoms with Gasteiger partial charge in [0.05, 0.1) is 18.5 Å². The molecule has 5 N–H and O–H groups in total. The smallest absolute Gasteiger partial charge is 0.408 e. The van der Waals surface area contributed by atoms with Crippen molar-refractivity contribution in [3.63, 3.8) is 0 Å². The first-order chi connectivity index (χ1) is 21.2. The summed E-state index contributed by atoms with van der Waals surface area (Å²) in [5.41, 5.74) is 0.728. The highest BCUT2D eigenvalue weighted by molar-refractivity contribution is 5.92. The normalized spacial score (nSPS) is 14.5. The number of H-pyrrole nitrogens is 1. The first-order valence-corrected chi connectivity index (χ1v) is 15.9. The molecule has 0 aliphatic heterocycles. The number of aliphatic hydroxyl groups excluding tert-OH is 1. The first-order valence-electron chi connectivity index (χ1n) is 15.9. The van der Waals surface area contributed by atoms with Crippen LogP contribution in [0.1, 0.15) is 79.0 Å². The Hall–Kier alpha value is -3.92. The molecule has 0 spiro atoms. The van der Waals surface area contributed by atoms with Crippen molar-refractivity contribution < 1.29 is 24.2 Å². The minimum atomic E-state index is -1.03. The van der Waals surface area contributed by atoms with Crippen LogP contribution < -0.4 is 16.0 Å². The molecule has 246 valence electrons. The average Bonchev–Trinajstić information content (AvgIpc) is 3.46. The zero-order valence-electron chi connectivity index (χ0n) is 27.7. The molecule has 1 heterocycles. The van der Waals surface area contributed by atoms with Gasteiger partial charge in [0.25, 0.3) is 0 Å². The fourth-order valence-corrected chi connectivity index (χ4v) is 5.17. The molecule has 0 saturated heterocycles. The molecular formula is C35H51N5O5. The van der Waals surface area contributed by atoms with Crippen molar-refractivity contribution in [2.75, 3.05) is 0 Å². The number of nitrogens with zero attached hydrogens (tertiary/aromatic N) is 1. The van der Waals surface area contributed by atoms with Gasteiger partial charge < -0.3 is 30.8 Å². The molecule has 2 aromatic carbocycles. The summed E-state index contributed by atoms with van der Waals surface area (Å²) in [5, 5.41) is 21.7. The Morgan fingerprint density at radius 2 is 1.53 bits per heavy atom. The quantitative estimate of drug-likeness (QED) is 0.161. The van der Waals surface area contributed by atoms with Gasteiger partial charge in [0, 0.05) is 24.7 Å². The van der Waals surface area contributed by atoms with Gasteiger partial charge >= 0.3 is 6.09 Å². The number of aromatic nitrogens is 2. The van der Waals surface area contributed by atoms with Crippen LogP contribution >= 0.6 is 0 Å². The third kappa shape index (κ3) is 12.2. The molecule has 1 aromatic heterocycles. The van der Waals surface area contributed by atoms with Crippen LogP contribution in [0.2, 0.25) is 0 Å². The summed E-state index contributed by atoms with van der Waals surface area (Å²) in [7, 11) is 0. The average molecular weight is 622 g/mol. The monoisotopic (exact) mass is 621 g/mol. The molecule has 10 heteroatoms. The number of nitrogens with one attached hydrogen (secondary N) is 4. The van der Waals surface area contributed by atoms with Gasteiger partial charge in [-0.3, -0.25) is 9.59 Å². The fourth-order valence-electron chi connectivity index (χ4n) is 5.17. The maximum atomic E-state index is 13.9. The number of rotatable bonds is 15. The van der Waals surface area contributed by atoms with Crippen molar-refractivity contribution in [3.05, 3.63) is 66.2 Å². The highest BCUT2D eigenvalue weighted by Crippen LogP contribution is 2.18. The predicted molar refractivity (Wildman–Crippen MR) is 176 cm³/mol. The van der Waals surface area contributed by atoms with Gasteiger partial charge in [-0.1, -0.05) is 70.2 Å². The number of amides is 3. The van der Waals surface area contributed by atoms with Crippen LogP contribution in [-0.2, 0) is 27.2 Å². The number of fused-ring (bicyclic) bond motifs is 1. The number of carbonyl (C=O) groups excluding carboxylic acids is 3. The molecule has 0 aliphatic carbocycles. The summed E-state index contributed by atoms with van der Waals surface area (Å²) in [6.45, 7) is 13.5. The fraction of sp³-hybridized carbons (Fsp3) is 0.543. The highest BCUT2D eigenvalue weighted by Gasteiger charge is 2.31. The molecular weight excluding hydrogens is 570 g/mol. The van der Waals surface area contributed by atoms with Gasteiger partial charge in [0.15, 0.2) is 0 Å². The minimum Gasteiger partial charge on any atom is -0.444 e. The van der Waals surface area contributed by atoms with Crippen molar-refractivity contribution in [1.82, 2.24) is 25.9 Å². The Balaban J connectivity index is 1.86. The van der Waals surface area contributed by atoms with Gasteiger partial charge in [-0.25, -0.2) is 9.78 Å². The third-order valence-corrected chi connectivity index (χ3v) is 7.43. The van der Waals surface area contributed by atoms with Crippen molar-refractivity contribution >= 4 is 28.7 Å². The molecule has 3 rings (SSSR count). The van der Waals surface area contributed by atoms with Crippen molar-refractivity contribution in [2.45, 2.75) is 110 Å². The lowest BCUT2D eigenvalue weighted by atomic mass is 9.93. The van der Waals surface area contributed by atoms with E-state index in [0.29, 0.717) is 24.5 Å². The van der Waals surface area contributed by atoms with E-state index >= 15 is 0 Å². The van der Waals surface area contributed by atoms with E-state index in [0.717, 1.165) is 22.8 Å². The Labute approximate surface area is 267 Å². The molecule has 4 atom stereocenters. The van der Waals surface area contributed by atoms with E-state index in [1.807, 2.05) is 56.3 Å². The standard InChI is InChI=1S/C35H51N5O5/c1-22(2)12-15-31(41)28(16-23(3)4)38-33(43)30(19-27-20-36-21-37-27)39-32(42)29(40-34(44)45-35(5,6)7)18-24-13-14-25-10-8-9-11-26(25)17-24/h8-11,13-14,17,20-23,28-31,41H,12,15-16,18-19H2,1-7H3,(H,36,37)(H,38,43)(H,39,42)(H,40,44)/t28-,29+,30+,31-/m1/s1. The molecule has 0 bridgehead atoms. The summed E-state index contributed by atoms with van der Waals surface area (Å²) in [6.07, 6.45) is 3.94. The molecule has 10 nitrogen and oxygen atoms in total. The Kier molecular flexibility index (Phi) is 13.0. The molecule has 3 amide bonds. The number of aliphatic hydroxyl groups is 1. The van der Waals surface area contributed by atoms with Crippen LogP contribution in [0.5, 0.6) is 0 Å². The number of ether oxygens (including phenoxy) is 1. The summed E-state index contributed by atoms with van der Waals surface area (Å²) < 4.78 is 5.47. The van der Waals surface area contributed by atoms with Gasteiger partial charge in [0.1, 0.15) is 17.7 Å². The van der Waals surface area contributed by atoms with Crippen molar-refractivity contribution in [2.24, 2.45) is 11.8 Å². The molecule has 0 aliphatic rings. The predicted octanol–water partition coefficient (Wildman–Crippen LogP) is 5.05. The topological polar surface area (TPSA) is 145 Å². The molecule has 0 saturated carbocycles. The molecule has 45 heavy (non-hydrogen) atoms. The first kappa shape index (κ1) is 35.6. The van der Waals surface area contributed by atoms with E-state index in [1.54, 1.807) is 27.0 Å². The van der Waals surface area contributed by atoms with Crippen LogP contribution in [0.15, 0.2) is 55.0 Å². The summed E-state index contributed by atoms with van der Waals surface area (Å²) in [5.74, 6) is -0.308. The van der Waals surface area contributed by atoms with E-state index in [4.69, 9.17) is 4.74 Å². The van der Waals surface area contributed by atoms with Gasteiger partial charge in [-0.2, -0.15) is 0 Å². The Morgan fingerprint density at radius 1 is 0.867 bits per heavy atom. The molecule has 0 fully saturated rings. The number of carbonyl (C=O) groups is 3. The second-order valence-corrected chi connectivity index (χ2v) is 13.7. The maximum absolute atomic E-state index is 13.9. The van der Waals surface area contributed by atoms with Crippen LogP contribution in [0, 0.1) is 11.8 Å². The molecule has 0 radical (unpaired) electrons. The summed E-state index contributed by atoms with van der Waals surface area (Å²) >= 11 is 0. The van der Waals surface area contributed by atoms with Gasteiger partial charge in [-0.05, 0) is 68.2 Å². The zero-order chi connectivity index (χ0) is 33.1. The number of hydrogen-bond acceptors (Lipinski definition) is 6. The van der Waals surface area contributed by atoms with E-state index < -0.39 is 47.7 Å². The lowest BCUT2D eigenvalue weighted by molar-refractivity contribution is -0.131. The molecule has 3 aromatic rings. The van der Waals surface area contributed by atoms with Crippen LogP contribution in [-0.4, -0.2) is 62.8 Å². The number of benzene rings is 2. The van der Waals surface area contributed by atoms with E-state index in [-0.39, 0.29) is 18.8 Å². The maximum Gasteiger partial charge on any atom is 0.408 e. The lowest BCUT2D eigenvalue weighted by Gasteiger charge is -2.29. The largest absolute Gasteiger partial charge is 0.444 e. The van der Waals surface area contributed by atoms with E-state index in [1.165, 1.54) is 6.33 Å². The second-order valence-electron chi connectivity index (χ2n) is 13.7. The number of aromatic amines is 1. The van der Waals surface area contributed by atoms with Crippen molar-refractivity contribution in [3.8, 4) is 0 Å². The highest BCUT2D eigenvalue weighted by atomic mass is 16.6. The zero-order valence-corrected chi connectivity index (χ0v) is 27.7. The lowest BCUT2D eigenvalue weighted by Crippen LogP contribution is -2.57. The van der Waals surface area contributed by atoms with Crippen LogP contribution in [0.3, 0.4) is 0 Å². The van der Waals surface area contributed by atoms with Crippen LogP contribution in [0.25, 0.3) is 10.8 Å². The SMILES string of the molecule is CC(C)CC[C@@H](O)[C@@H](CC(C)C)NC(=O)[C@H](Cc1cnc[nH]1)NC(=O)[C@H](Cc1ccc2ccccc2c1)NC(=O)OC(C)(C)C. The summed E-state index contributed by atoms with van der Waals surface area (Å²) in [6, 6.07) is 11.3. The Bertz CT molecular complexity index is 1380. The summed E-state index contributed by atoms with van der Waals surface area (Å²) in [4.78, 5) is 47.6. The van der Waals surface area contributed by atoms with Gasteiger partial charge in [0.2, 0.25) is 11.8 Å². The van der Waals surface area contributed by atoms with E-state index in [2.05, 4.69) is 39.8 Å².